The van der Waals surface area contributed by atoms with Crippen molar-refractivity contribution in [1.82, 2.24) is 4.90 Å². The van der Waals surface area contributed by atoms with Crippen LogP contribution >= 0.6 is 11.8 Å². The molecule has 0 aliphatic carbocycles. The van der Waals surface area contributed by atoms with Gasteiger partial charge in [-0.3, -0.25) is 14.5 Å². The second-order valence-corrected chi connectivity index (χ2v) is 5.46. The molecule has 0 unspecified atom stereocenters. The Hall–Kier alpha value is -1.79. The Morgan fingerprint density at radius 2 is 1.86 bits per heavy atom. The third kappa shape index (κ3) is 2.96. The fourth-order valence-electron chi connectivity index (χ4n) is 2.13. The second kappa shape index (κ2) is 6.78. The van der Waals surface area contributed by atoms with Crippen LogP contribution in [0.1, 0.15) is 12.5 Å². The molecule has 0 saturated heterocycles. The van der Waals surface area contributed by atoms with Crippen molar-refractivity contribution in [2.24, 2.45) is 0 Å². The van der Waals surface area contributed by atoms with Gasteiger partial charge in [0, 0.05) is 12.3 Å². The van der Waals surface area contributed by atoms with Crippen molar-refractivity contribution in [2.45, 2.75) is 6.92 Å². The van der Waals surface area contributed by atoms with E-state index >= 15 is 0 Å². The third-order valence-corrected chi connectivity index (χ3v) is 4.21. The van der Waals surface area contributed by atoms with E-state index in [1.54, 1.807) is 38.3 Å². The maximum Gasteiger partial charge on any atom is 0.267 e. The van der Waals surface area contributed by atoms with E-state index in [1.165, 1.54) is 16.7 Å². The van der Waals surface area contributed by atoms with E-state index in [0.717, 1.165) is 0 Å². The summed E-state index contributed by atoms with van der Waals surface area (Å²) < 4.78 is 5.10. The number of hydrogen-bond acceptors (Lipinski definition) is 5. The molecule has 0 fully saturated rings. The van der Waals surface area contributed by atoms with Crippen molar-refractivity contribution in [3.63, 3.8) is 0 Å². The summed E-state index contributed by atoms with van der Waals surface area (Å²) in [6, 6.07) is 7.03. The van der Waals surface area contributed by atoms with Gasteiger partial charge in [0.1, 0.15) is 5.75 Å². The lowest BCUT2D eigenvalue weighted by molar-refractivity contribution is -0.136. The lowest BCUT2D eigenvalue weighted by Crippen LogP contribution is -2.31. The van der Waals surface area contributed by atoms with Gasteiger partial charge in [-0.2, -0.15) is 0 Å². The molecular weight excluding hydrogens is 290 g/mol. The number of nitrogens with zero attached hydrogens (tertiary/aromatic N) is 1. The zero-order valence-corrected chi connectivity index (χ0v) is 12.8. The van der Waals surface area contributed by atoms with E-state index in [2.05, 4.69) is 0 Å². The molecule has 2 rings (SSSR count). The monoisotopic (exact) mass is 307 g/mol. The number of likely N-dealkylation sites (N-methyl/N-ethyl adjacent to an activating group) is 1. The Bertz CT molecular complexity index is 580. The smallest absolute Gasteiger partial charge is 0.267 e. The highest BCUT2D eigenvalue weighted by Gasteiger charge is 2.37. The van der Waals surface area contributed by atoms with E-state index < -0.39 is 0 Å². The number of amides is 2. The van der Waals surface area contributed by atoms with Crippen molar-refractivity contribution < 1.29 is 19.4 Å². The number of aliphatic hydroxyl groups is 1. The molecule has 1 heterocycles. The van der Waals surface area contributed by atoms with Crippen LogP contribution < -0.4 is 4.74 Å². The topological polar surface area (TPSA) is 66.8 Å². The first kappa shape index (κ1) is 15.6. The zero-order valence-electron chi connectivity index (χ0n) is 12.0. The number of hydrogen-bond donors (Lipinski definition) is 1. The summed E-state index contributed by atoms with van der Waals surface area (Å²) in [6.07, 6.45) is 0. The van der Waals surface area contributed by atoms with Gasteiger partial charge in [0.2, 0.25) is 0 Å². The molecule has 0 atom stereocenters. The van der Waals surface area contributed by atoms with Crippen LogP contribution in [0.3, 0.4) is 0 Å². The largest absolute Gasteiger partial charge is 0.497 e. The third-order valence-electron chi connectivity index (χ3n) is 3.16. The standard InChI is InChI=1S/C15H17NO4S/c1-3-16-14(18)12(13(15(16)19)21-9-8-17)10-4-6-11(20-2)7-5-10/h4-7,17H,3,8-9H2,1-2H3. The van der Waals surface area contributed by atoms with Gasteiger partial charge in [-0.1, -0.05) is 12.1 Å². The number of carbonyl (C=O) groups excluding carboxylic acids is 2. The lowest BCUT2D eigenvalue weighted by Gasteiger charge is -2.11. The molecule has 5 nitrogen and oxygen atoms in total. The highest BCUT2D eigenvalue weighted by Crippen LogP contribution is 2.36. The number of thioether (sulfide) groups is 1. The molecular formula is C15H17NO4S. The Morgan fingerprint density at radius 3 is 2.38 bits per heavy atom. The SMILES string of the molecule is CCN1C(=O)C(SCCO)=C(c2ccc(OC)cc2)C1=O. The highest BCUT2D eigenvalue weighted by molar-refractivity contribution is 8.04. The fraction of sp³-hybridized carbons (Fsp3) is 0.333. The average Bonchev–Trinajstić information content (AvgIpc) is 2.75. The summed E-state index contributed by atoms with van der Waals surface area (Å²) in [5.74, 6) is 0.499. The lowest BCUT2D eigenvalue weighted by atomic mass is 10.1. The van der Waals surface area contributed by atoms with Crippen molar-refractivity contribution in [3.05, 3.63) is 34.7 Å². The molecule has 1 aromatic rings. The number of aliphatic hydroxyl groups excluding tert-OH is 1. The minimum absolute atomic E-state index is 0.0440. The van der Waals surface area contributed by atoms with Crippen LogP contribution in [0.2, 0.25) is 0 Å². The van der Waals surface area contributed by atoms with E-state index in [1.807, 2.05) is 0 Å². The summed E-state index contributed by atoms with van der Waals surface area (Å²) >= 11 is 1.21. The zero-order chi connectivity index (χ0) is 15.4. The number of methoxy groups -OCH3 is 1. The summed E-state index contributed by atoms with van der Waals surface area (Å²) in [5.41, 5.74) is 1.09. The maximum absolute atomic E-state index is 12.4. The highest BCUT2D eigenvalue weighted by atomic mass is 32.2. The molecule has 21 heavy (non-hydrogen) atoms. The number of benzene rings is 1. The molecule has 6 heteroatoms. The van der Waals surface area contributed by atoms with Gasteiger partial charge in [0.15, 0.2) is 0 Å². The van der Waals surface area contributed by atoms with E-state index in [0.29, 0.717) is 34.1 Å². The summed E-state index contributed by atoms with van der Waals surface area (Å²) in [6.45, 7) is 2.05. The summed E-state index contributed by atoms with van der Waals surface area (Å²) in [4.78, 5) is 26.3. The second-order valence-electron chi connectivity index (χ2n) is 4.36. The predicted molar refractivity (Wildman–Crippen MR) is 81.9 cm³/mol. The summed E-state index contributed by atoms with van der Waals surface area (Å²) in [5, 5.41) is 8.96. The molecule has 1 aliphatic rings. The molecule has 0 bridgehead atoms. The minimum Gasteiger partial charge on any atom is -0.497 e. The number of ether oxygens (including phenoxy) is 1. The first-order chi connectivity index (χ1) is 10.1. The van der Waals surface area contributed by atoms with Gasteiger partial charge in [-0.25, -0.2) is 0 Å². The van der Waals surface area contributed by atoms with Gasteiger partial charge >= 0.3 is 0 Å². The van der Waals surface area contributed by atoms with Gasteiger partial charge in [0.05, 0.1) is 24.2 Å². The van der Waals surface area contributed by atoms with Crippen molar-refractivity contribution in [2.75, 3.05) is 26.0 Å². The van der Waals surface area contributed by atoms with Crippen LogP contribution in [-0.2, 0) is 9.59 Å². The van der Waals surface area contributed by atoms with Crippen LogP contribution in [0.4, 0.5) is 0 Å². The Kier molecular flexibility index (Phi) is 5.03. The molecule has 112 valence electrons. The number of imide groups is 1. The molecule has 0 radical (unpaired) electrons. The van der Waals surface area contributed by atoms with E-state index in [9.17, 15) is 9.59 Å². The van der Waals surface area contributed by atoms with Gasteiger partial charge in [-0.15, -0.1) is 11.8 Å². The van der Waals surface area contributed by atoms with Gasteiger partial charge in [0.25, 0.3) is 11.8 Å². The van der Waals surface area contributed by atoms with Crippen LogP contribution in [0.25, 0.3) is 5.57 Å². The molecule has 1 aromatic carbocycles. The first-order valence-corrected chi connectivity index (χ1v) is 7.61. The molecule has 1 aliphatic heterocycles. The molecule has 0 spiro atoms. The Balaban J connectivity index is 2.44. The quantitative estimate of drug-likeness (QED) is 0.807. The van der Waals surface area contributed by atoms with Gasteiger partial charge < -0.3 is 9.84 Å². The number of rotatable bonds is 6. The normalized spacial score (nSPS) is 15.1. The first-order valence-electron chi connectivity index (χ1n) is 6.62. The van der Waals surface area contributed by atoms with E-state index in [4.69, 9.17) is 9.84 Å². The van der Waals surface area contributed by atoms with Crippen LogP contribution in [0, 0.1) is 0 Å². The average molecular weight is 307 g/mol. The van der Waals surface area contributed by atoms with Crippen LogP contribution in [0.15, 0.2) is 29.2 Å². The van der Waals surface area contributed by atoms with Crippen LogP contribution in [-0.4, -0.2) is 47.8 Å². The maximum atomic E-state index is 12.4. The van der Waals surface area contributed by atoms with E-state index in [-0.39, 0.29) is 18.4 Å². The minimum atomic E-state index is -0.285. The molecule has 1 N–H and O–H groups in total. The predicted octanol–water partition coefficient (Wildman–Crippen LogP) is 1.52. The van der Waals surface area contributed by atoms with Gasteiger partial charge in [-0.05, 0) is 24.6 Å². The van der Waals surface area contributed by atoms with Crippen LogP contribution in [0.5, 0.6) is 5.75 Å². The summed E-state index contributed by atoms with van der Waals surface area (Å²) in [7, 11) is 1.57. The van der Waals surface area contributed by atoms with Crippen molar-refractivity contribution in [1.29, 1.82) is 0 Å². The molecule has 2 amide bonds. The molecule has 0 aromatic heterocycles. The van der Waals surface area contributed by atoms with Crippen molar-refractivity contribution >= 4 is 29.1 Å². The number of carbonyl (C=O) groups is 2. The Morgan fingerprint density at radius 1 is 1.19 bits per heavy atom. The van der Waals surface area contributed by atoms with Crippen molar-refractivity contribution in [3.8, 4) is 5.75 Å². The molecule has 0 saturated carbocycles. The Labute approximate surface area is 127 Å². The fourth-order valence-corrected chi connectivity index (χ4v) is 3.01.